The van der Waals surface area contributed by atoms with Crippen LogP contribution in [0.5, 0.6) is 0 Å². The van der Waals surface area contributed by atoms with Gasteiger partial charge in [0.25, 0.3) is 0 Å². The fourth-order valence-corrected chi connectivity index (χ4v) is 0.950. The SMILES string of the molecule is CC(CC1CC1)C([O])=O. The predicted octanol–water partition coefficient (Wildman–Crippen LogP) is 1.38. The molecule has 0 aromatic rings. The van der Waals surface area contributed by atoms with Crippen LogP contribution in [0.1, 0.15) is 26.2 Å². The van der Waals surface area contributed by atoms with Crippen molar-refractivity contribution >= 4 is 5.97 Å². The lowest BCUT2D eigenvalue weighted by atomic mass is 10.1. The zero-order chi connectivity index (χ0) is 6.85. The second-order valence-corrected chi connectivity index (χ2v) is 2.90. The molecule has 1 radical (unpaired) electrons. The van der Waals surface area contributed by atoms with Crippen molar-refractivity contribution in [1.29, 1.82) is 0 Å². The first-order valence-electron chi connectivity index (χ1n) is 3.41. The molecule has 0 spiro atoms. The average Bonchev–Trinajstić information content (AvgIpc) is 2.50. The van der Waals surface area contributed by atoms with Gasteiger partial charge in [0.15, 0.2) is 0 Å². The fraction of sp³-hybridized carbons (Fsp3) is 0.857. The Balaban J connectivity index is 2.16. The summed E-state index contributed by atoms with van der Waals surface area (Å²) >= 11 is 0. The summed E-state index contributed by atoms with van der Waals surface area (Å²) in [6, 6.07) is 0. The van der Waals surface area contributed by atoms with Crippen LogP contribution in [0.25, 0.3) is 0 Å². The van der Waals surface area contributed by atoms with Gasteiger partial charge in [-0.05, 0) is 12.3 Å². The van der Waals surface area contributed by atoms with Crippen LogP contribution in [0, 0.1) is 11.8 Å². The highest BCUT2D eigenvalue weighted by molar-refractivity contribution is 5.68. The lowest BCUT2D eigenvalue weighted by Crippen LogP contribution is -2.08. The maximum Gasteiger partial charge on any atom is 0.358 e. The molecule has 1 unspecified atom stereocenters. The smallest absolute Gasteiger partial charge is 0.247 e. The van der Waals surface area contributed by atoms with E-state index in [0.717, 1.165) is 6.42 Å². The van der Waals surface area contributed by atoms with Gasteiger partial charge in [-0.3, -0.25) is 0 Å². The third-order valence-electron chi connectivity index (χ3n) is 1.79. The normalized spacial score (nSPS) is 21.4. The first kappa shape index (κ1) is 6.59. The summed E-state index contributed by atoms with van der Waals surface area (Å²) in [6.07, 6.45) is 3.26. The molecule has 0 aliphatic heterocycles. The molecule has 2 heteroatoms. The van der Waals surface area contributed by atoms with E-state index in [1.54, 1.807) is 6.92 Å². The van der Waals surface area contributed by atoms with Crippen molar-refractivity contribution in [3.05, 3.63) is 0 Å². The minimum Gasteiger partial charge on any atom is -0.247 e. The Labute approximate surface area is 54.9 Å². The summed E-state index contributed by atoms with van der Waals surface area (Å²) in [5.74, 6) is -0.447. The maximum absolute atomic E-state index is 10.2. The van der Waals surface area contributed by atoms with Crippen molar-refractivity contribution in [3.8, 4) is 0 Å². The molecule has 0 aromatic heterocycles. The van der Waals surface area contributed by atoms with Crippen LogP contribution >= 0.6 is 0 Å². The minimum atomic E-state index is -0.901. The summed E-state index contributed by atoms with van der Waals surface area (Å²) in [5, 5.41) is 10.2. The van der Waals surface area contributed by atoms with Crippen LogP contribution in [0.3, 0.4) is 0 Å². The van der Waals surface area contributed by atoms with Crippen LogP contribution in [0.4, 0.5) is 0 Å². The molecule has 1 fully saturated rings. The van der Waals surface area contributed by atoms with E-state index in [2.05, 4.69) is 0 Å². The third-order valence-corrected chi connectivity index (χ3v) is 1.79. The maximum atomic E-state index is 10.2. The topological polar surface area (TPSA) is 37.0 Å². The van der Waals surface area contributed by atoms with Gasteiger partial charge >= 0.3 is 5.97 Å². The monoisotopic (exact) mass is 127 g/mol. The van der Waals surface area contributed by atoms with Gasteiger partial charge < -0.3 is 0 Å². The summed E-state index contributed by atoms with van der Waals surface area (Å²) in [5.41, 5.74) is 0. The van der Waals surface area contributed by atoms with E-state index >= 15 is 0 Å². The Morgan fingerprint density at radius 2 is 2.22 bits per heavy atom. The van der Waals surface area contributed by atoms with Gasteiger partial charge in [-0.15, -0.1) is 0 Å². The summed E-state index contributed by atoms with van der Waals surface area (Å²) in [4.78, 5) is 10.2. The molecule has 0 amide bonds. The number of rotatable bonds is 3. The van der Waals surface area contributed by atoms with Crippen molar-refractivity contribution in [2.24, 2.45) is 11.8 Å². The highest BCUT2D eigenvalue weighted by Crippen LogP contribution is 2.35. The number of carbonyl (C=O) groups is 1. The quantitative estimate of drug-likeness (QED) is 0.564. The largest absolute Gasteiger partial charge is 0.358 e. The summed E-state index contributed by atoms with van der Waals surface area (Å²) in [7, 11) is 0. The molecule has 1 saturated carbocycles. The first-order chi connectivity index (χ1) is 4.20. The minimum absolute atomic E-state index is 0.238. The van der Waals surface area contributed by atoms with Crippen LogP contribution < -0.4 is 0 Å². The fourth-order valence-electron chi connectivity index (χ4n) is 0.950. The summed E-state index contributed by atoms with van der Waals surface area (Å²) in [6.45, 7) is 1.72. The van der Waals surface area contributed by atoms with Gasteiger partial charge in [0.1, 0.15) is 0 Å². The standard InChI is InChI=1S/C7H11O2/c1-5(7(8)9)4-6-2-3-6/h5-6H,2-4H2,1H3. The predicted molar refractivity (Wildman–Crippen MR) is 32.2 cm³/mol. The second kappa shape index (κ2) is 2.38. The van der Waals surface area contributed by atoms with Crippen LogP contribution in [-0.2, 0) is 9.90 Å². The summed E-state index contributed by atoms with van der Waals surface area (Å²) < 4.78 is 0. The lowest BCUT2D eigenvalue weighted by molar-refractivity contribution is -0.147. The zero-order valence-corrected chi connectivity index (χ0v) is 5.59. The van der Waals surface area contributed by atoms with Crippen LogP contribution in [0.15, 0.2) is 0 Å². The van der Waals surface area contributed by atoms with Gasteiger partial charge in [-0.25, -0.2) is 9.90 Å². The molecule has 1 aliphatic rings. The van der Waals surface area contributed by atoms with Crippen molar-refractivity contribution in [2.45, 2.75) is 26.2 Å². The van der Waals surface area contributed by atoms with E-state index < -0.39 is 5.97 Å². The highest BCUT2D eigenvalue weighted by Gasteiger charge is 2.26. The van der Waals surface area contributed by atoms with Gasteiger partial charge in [0.05, 0.1) is 5.92 Å². The number of hydrogen-bond donors (Lipinski definition) is 0. The molecule has 2 nitrogen and oxygen atoms in total. The van der Waals surface area contributed by atoms with E-state index in [1.807, 2.05) is 0 Å². The van der Waals surface area contributed by atoms with E-state index in [0.29, 0.717) is 5.92 Å². The van der Waals surface area contributed by atoms with Gasteiger partial charge in [0, 0.05) is 0 Å². The van der Waals surface area contributed by atoms with E-state index in [1.165, 1.54) is 12.8 Å². The first-order valence-corrected chi connectivity index (χ1v) is 3.41. The molecule has 1 atom stereocenters. The van der Waals surface area contributed by atoms with Crippen molar-refractivity contribution < 1.29 is 9.90 Å². The molecular weight excluding hydrogens is 116 g/mol. The van der Waals surface area contributed by atoms with Crippen LogP contribution in [-0.4, -0.2) is 5.97 Å². The molecule has 51 valence electrons. The van der Waals surface area contributed by atoms with Gasteiger partial charge in [-0.2, -0.15) is 0 Å². The van der Waals surface area contributed by atoms with Crippen molar-refractivity contribution in [3.63, 3.8) is 0 Å². The molecule has 1 rings (SSSR count). The Bertz CT molecular complexity index is 116. The van der Waals surface area contributed by atoms with Gasteiger partial charge in [-0.1, -0.05) is 19.8 Å². The molecule has 1 aliphatic carbocycles. The molecule has 0 bridgehead atoms. The zero-order valence-electron chi connectivity index (χ0n) is 5.59. The molecular formula is C7H11O2. The Morgan fingerprint density at radius 1 is 1.67 bits per heavy atom. The Kier molecular flexibility index (Phi) is 1.74. The molecule has 0 heterocycles. The molecule has 0 N–H and O–H groups in total. The molecule has 0 aromatic carbocycles. The van der Waals surface area contributed by atoms with Gasteiger partial charge in [0.2, 0.25) is 0 Å². The second-order valence-electron chi connectivity index (χ2n) is 2.90. The van der Waals surface area contributed by atoms with Crippen molar-refractivity contribution in [2.75, 3.05) is 0 Å². The molecule has 0 saturated heterocycles. The van der Waals surface area contributed by atoms with Crippen molar-refractivity contribution in [1.82, 2.24) is 0 Å². The number of hydrogen-bond acceptors (Lipinski definition) is 1. The van der Waals surface area contributed by atoms with E-state index in [-0.39, 0.29) is 5.92 Å². The average molecular weight is 127 g/mol. The number of carbonyl (C=O) groups excluding carboxylic acids is 1. The Morgan fingerprint density at radius 3 is 2.56 bits per heavy atom. The van der Waals surface area contributed by atoms with E-state index in [4.69, 9.17) is 0 Å². The van der Waals surface area contributed by atoms with E-state index in [9.17, 15) is 9.90 Å². The third kappa shape index (κ3) is 2.04. The highest BCUT2D eigenvalue weighted by atomic mass is 16.4. The molecule has 9 heavy (non-hydrogen) atoms. The Hall–Kier alpha value is -0.530. The van der Waals surface area contributed by atoms with Crippen LogP contribution in [0.2, 0.25) is 0 Å². The lowest BCUT2D eigenvalue weighted by Gasteiger charge is -1.99.